The number of allylic oxidation sites excluding steroid dienone is 2. The zero-order valence-electron chi connectivity index (χ0n) is 8.56. The van der Waals surface area contributed by atoms with Crippen LogP contribution >= 0.6 is 0 Å². The van der Waals surface area contributed by atoms with Gasteiger partial charge >= 0.3 is 91.3 Å². The third kappa shape index (κ3) is 2.25. The molecule has 0 bridgehead atoms. The summed E-state index contributed by atoms with van der Waals surface area (Å²) in [6, 6.07) is 0. The van der Waals surface area contributed by atoms with Gasteiger partial charge in [-0.1, -0.05) is 0 Å². The summed E-state index contributed by atoms with van der Waals surface area (Å²) in [5.41, 5.74) is 0. The van der Waals surface area contributed by atoms with Crippen molar-refractivity contribution in [1.29, 1.82) is 0 Å². The molecule has 0 atom stereocenters. The van der Waals surface area contributed by atoms with Gasteiger partial charge in [0.15, 0.2) is 0 Å². The molecule has 0 aliphatic carbocycles. The second kappa shape index (κ2) is 3.52. The Balaban J connectivity index is 2.14. The molecular weight excluding hydrogens is 255 g/mol. The molecule has 0 spiro atoms. The van der Waals surface area contributed by atoms with E-state index >= 15 is 0 Å². The summed E-state index contributed by atoms with van der Waals surface area (Å²) in [6.45, 7) is 6.55. The first-order valence-corrected chi connectivity index (χ1v) is 9.83. The van der Waals surface area contributed by atoms with Gasteiger partial charge in [0.2, 0.25) is 0 Å². The van der Waals surface area contributed by atoms with Crippen LogP contribution in [0.2, 0.25) is 19.6 Å². The Morgan fingerprint density at radius 2 is 2.14 bits per heavy atom. The monoisotopic (exact) mass is 268 g/mol. The number of nitrogens with zero attached hydrogens (tertiary/aromatic N) is 2. The van der Waals surface area contributed by atoms with Gasteiger partial charge in [0, 0.05) is 0 Å². The van der Waals surface area contributed by atoms with Gasteiger partial charge in [-0.25, -0.2) is 0 Å². The van der Waals surface area contributed by atoms with Crippen molar-refractivity contribution in [2.45, 2.75) is 19.6 Å². The van der Waals surface area contributed by atoms with E-state index in [0.29, 0.717) is 0 Å². The van der Waals surface area contributed by atoms with Crippen LogP contribution in [0.25, 0.3) is 0 Å². The molecule has 0 aromatic rings. The van der Waals surface area contributed by atoms with E-state index in [9.17, 15) is 0 Å². The van der Waals surface area contributed by atoms with Crippen LogP contribution < -0.4 is 0 Å². The molecular formula is C9H13AsN2OSi. The molecule has 2 aliphatic rings. The Hall–Kier alpha value is -0.605. The van der Waals surface area contributed by atoms with Crippen molar-refractivity contribution in [1.82, 2.24) is 5.01 Å². The minimum atomic E-state index is -1.48. The molecule has 3 nitrogen and oxygen atoms in total. The van der Waals surface area contributed by atoms with Gasteiger partial charge in [-0.2, -0.15) is 0 Å². The number of hydrogen-bond donors (Lipinski definition) is 0. The Labute approximate surface area is 91.5 Å². The summed E-state index contributed by atoms with van der Waals surface area (Å²) in [6.07, 6.45) is 8.13. The molecule has 0 aromatic carbocycles. The SMILES string of the molecule is C[Si](C)(C)OC1=NN2C=CC=CC2=[As]1. The van der Waals surface area contributed by atoms with Crippen LogP contribution in [-0.2, 0) is 4.43 Å². The van der Waals surface area contributed by atoms with Crippen LogP contribution in [-0.4, -0.2) is 37.7 Å². The first-order chi connectivity index (χ1) is 6.54. The summed E-state index contributed by atoms with van der Waals surface area (Å²) < 4.78 is 8.13. The average Bonchev–Trinajstić information content (AvgIpc) is 2.42. The van der Waals surface area contributed by atoms with Gasteiger partial charge < -0.3 is 0 Å². The molecule has 0 amide bonds. The van der Waals surface area contributed by atoms with E-state index in [-0.39, 0.29) is 15.3 Å². The predicted octanol–water partition coefficient (Wildman–Crippen LogP) is 1.34. The minimum absolute atomic E-state index is 0.0350. The topological polar surface area (TPSA) is 24.8 Å². The van der Waals surface area contributed by atoms with Gasteiger partial charge in [-0.05, 0) is 0 Å². The number of hydrazone groups is 1. The summed E-state index contributed by atoms with van der Waals surface area (Å²) in [5.74, 6) is 0. The van der Waals surface area contributed by atoms with Crippen molar-refractivity contribution in [3.63, 3.8) is 0 Å². The van der Waals surface area contributed by atoms with E-state index in [1.807, 2.05) is 17.3 Å². The molecule has 0 unspecified atom stereocenters. The van der Waals surface area contributed by atoms with Crippen molar-refractivity contribution in [3.8, 4) is 0 Å². The fourth-order valence-electron chi connectivity index (χ4n) is 1.13. The summed E-state index contributed by atoms with van der Waals surface area (Å²) >= 11 is -0.0350. The standard InChI is InChI=1S/C9H13AsN2OSi/c1-14(2,3)13-9-10-8-6-4-5-7-12(8)11-9/h4-7H,1-3H3. The molecule has 5 heteroatoms. The average molecular weight is 268 g/mol. The molecule has 0 fully saturated rings. The molecule has 14 heavy (non-hydrogen) atoms. The van der Waals surface area contributed by atoms with Crippen LogP contribution in [0.3, 0.4) is 0 Å². The summed E-state index contributed by atoms with van der Waals surface area (Å²) in [5, 5.41) is 6.35. The van der Waals surface area contributed by atoms with Gasteiger partial charge in [0.25, 0.3) is 0 Å². The molecule has 0 aromatic heterocycles. The van der Waals surface area contributed by atoms with Gasteiger partial charge in [0.05, 0.1) is 0 Å². The fourth-order valence-corrected chi connectivity index (χ4v) is 5.27. The third-order valence-electron chi connectivity index (χ3n) is 1.62. The van der Waals surface area contributed by atoms with E-state index in [1.54, 1.807) is 0 Å². The quantitative estimate of drug-likeness (QED) is 0.670. The first kappa shape index (κ1) is 9.93. The Kier molecular flexibility index (Phi) is 2.49. The molecule has 2 rings (SSSR count). The molecule has 2 aliphatic heterocycles. The van der Waals surface area contributed by atoms with Crippen LogP contribution in [0.15, 0.2) is 29.5 Å². The maximum atomic E-state index is 5.89. The van der Waals surface area contributed by atoms with Crippen molar-refractivity contribution in [2.75, 3.05) is 0 Å². The second-order valence-corrected chi connectivity index (χ2v) is 10.8. The van der Waals surface area contributed by atoms with Gasteiger partial charge in [0.1, 0.15) is 0 Å². The predicted molar refractivity (Wildman–Crippen MR) is 62.7 cm³/mol. The first-order valence-electron chi connectivity index (χ1n) is 4.55. The maximum absolute atomic E-state index is 5.89. The molecule has 0 saturated carbocycles. The van der Waals surface area contributed by atoms with Gasteiger partial charge in [-0.3, -0.25) is 0 Å². The summed E-state index contributed by atoms with van der Waals surface area (Å²) in [7, 11) is -1.48. The molecule has 74 valence electrons. The zero-order chi connectivity index (χ0) is 10.2. The number of hydrogen-bond acceptors (Lipinski definition) is 3. The fraction of sp³-hybridized carbons (Fsp3) is 0.333. The van der Waals surface area contributed by atoms with E-state index in [1.165, 1.54) is 4.43 Å². The summed E-state index contributed by atoms with van der Waals surface area (Å²) in [4.78, 5) is 0. The number of fused-ring (bicyclic) bond motifs is 1. The zero-order valence-corrected chi connectivity index (χ0v) is 11.4. The van der Waals surface area contributed by atoms with Crippen molar-refractivity contribution >= 4 is 32.7 Å². The van der Waals surface area contributed by atoms with E-state index in [0.717, 1.165) is 4.69 Å². The Morgan fingerprint density at radius 1 is 1.36 bits per heavy atom. The second-order valence-electron chi connectivity index (χ2n) is 4.11. The van der Waals surface area contributed by atoms with Crippen LogP contribution in [0.5, 0.6) is 0 Å². The molecule has 2 heterocycles. The van der Waals surface area contributed by atoms with Crippen LogP contribution in [0, 0.1) is 0 Å². The van der Waals surface area contributed by atoms with E-state index in [4.69, 9.17) is 4.43 Å². The van der Waals surface area contributed by atoms with Crippen molar-refractivity contribution < 1.29 is 4.43 Å². The Morgan fingerprint density at radius 3 is 2.79 bits per heavy atom. The van der Waals surface area contributed by atoms with Gasteiger partial charge in [-0.15, -0.1) is 0 Å². The molecule has 0 radical (unpaired) electrons. The normalized spacial score (nSPS) is 20.4. The molecule has 0 N–H and O–H groups in total. The Bertz CT molecular complexity index is 365. The van der Waals surface area contributed by atoms with Crippen molar-refractivity contribution in [2.24, 2.45) is 5.10 Å². The van der Waals surface area contributed by atoms with Crippen molar-refractivity contribution in [3.05, 3.63) is 24.4 Å². The van der Waals surface area contributed by atoms with E-state index in [2.05, 4.69) is 36.9 Å². The number of rotatable bonds is 1. The van der Waals surface area contributed by atoms with E-state index < -0.39 is 8.32 Å². The molecule has 0 saturated heterocycles. The van der Waals surface area contributed by atoms with Crippen LogP contribution in [0.1, 0.15) is 0 Å². The third-order valence-corrected chi connectivity index (χ3v) is 4.80. The van der Waals surface area contributed by atoms with Crippen LogP contribution in [0.4, 0.5) is 0 Å².